The lowest BCUT2D eigenvalue weighted by Crippen LogP contribution is -1.99. The summed E-state index contributed by atoms with van der Waals surface area (Å²) in [4.78, 5) is 4.34. The average molecular weight is 328 g/mol. The fourth-order valence-electron chi connectivity index (χ4n) is 2.25. The molecule has 1 aromatic heterocycles. The van der Waals surface area contributed by atoms with Crippen LogP contribution in [0.25, 0.3) is 10.9 Å². The third-order valence-electron chi connectivity index (χ3n) is 3.12. The van der Waals surface area contributed by atoms with Gasteiger partial charge in [-0.2, -0.15) is 0 Å². The van der Waals surface area contributed by atoms with Gasteiger partial charge in [-0.25, -0.2) is 0 Å². The molecular weight excluding hydrogens is 314 g/mol. The van der Waals surface area contributed by atoms with E-state index in [9.17, 15) is 0 Å². The Balaban J connectivity index is 2.12. The van der Waals surface area contributed by atoms with Gasteiger partial charge in [0.25, 0.3) is 0 Å². The Hall–Kier alpha value is -2.07. The van der Waals surface area contributed by atoms with Gasteiger partial charge in [-0.15, -0.1) is 0 Å². The first-order valence-electron chi connectivity index (χ1n) is 6.31. The fourth-order valence-corrected chi connectivity index (χ4v) is 2.86. The first-order chi connectivity index (χ1) is 9.63. The molecule has 0 fully saturated rings. The second-order valence-corrected chi connectivity index (χ2v) is 5.66. The summed E-state index contributed by atoms with van der Waals surface area (Å²) in [5.41, 5.74) is 10.7. The summed E-state index contributed by atoms with van der Waals surface area (Å²) in [5.74, 6) is 0. The number of aromatic nitrogens is 1. The van der Waals surface area contributed by atoms with Crippen molar-refractivity contribution in [1.29, 1.82) is 0 Å². The standard InChI is InChI=1S/C16H14BrN3/c1-10-6-11(17)8-12(7-10)20-16-13-4-2-3-5-15(13)19-9-14(16)18/h2-9H,18H2,1H3,(H,19,20). The number of hydrogen-bond acceptors (Lipinski definition) is 3. The maximum Gasteiger partial charge on any atom is 0.0746 e. The molecular formula is C16H14BrN3. The largest absolute Gasteiger partial charge is 0.396 e. The third-order valence-corrected chi connectivity index (χ3v) is 3.57. The molecule has 0 atom stereocenters. The van der Waals surface area contributed by atoms with Crippen LogP contribution in [0.15, 0.2) is 53.1 Å². The van der Waals surface area contributed by atoms with E-state index in [4.69, 9.17) is 5.73 Å². The third kappa shape index (κ3) is 2.47. The van der Waals surface area contributed by atoms with Crippen molar-refractivity contribution < 1.29 is 0 Å². The minimum absolute atomic E-state index is 0.640. The van der Waals surface area contributed by atoms with Crippen LogP contribution in [0, 0.1) is 6.92 Å². The predicted molar refractivity (Wildman–Crippen MR) is 88.3 cm³/mol. The number of nitrogens with two attached hydrogens (primary N) is 1. The Morgan fingerprint density at radius 2 is 1.95 bits per heavy atom. The average Bonchev–Trinajstić information content (AvgIpc) is 2.41. The van der Waals surface area contributed by atoms with E-state index in [-0.39, 0.29) is 0 Å². The molecule has 0 amide bonds. The smallest absolute Gasteiger partial charge is 0.0746 e. The van der Waals surface area contributed by atoms with Crippen LogP contribution in [0.4, 0.5) is 17.1 Å². The zero-order valence-electron chi connectivity index (χ0n) is 11.0. The van der Waals surface area contributed by atoms with Gasteiger partial charge in [-0.05, 0) is 36.8 Å². The highest BCUT2D eigenvalue weighted by Gasteiger charge is 2.07. The van der Waals surface area contributed by atoms with E-state index in [0.717, 1.165) is 26.8 Å². The molecule has 0 saturated carbocycles. The molecule has 3 rings (SSSR count). The van der Waals surface area contributed by atoms with E-state index in [0.29, 0.717) is 5.69 Å². The normalized spacial score (nSPS) is 10.7. The zero-order chi connectivity index (χ0) is 14.1. The van der Waals surface area contributed by atoms with Crippen molar-refractivity contribution in [2.45, 2.75) is 6.92 Å². The van der Waals surface area contributed by atoms with Crippen molar-refractivity contribution in [1.82, 2.24) is 4.98 Å². The number of anilines is 3. The molecule has 4 heteroatoms. The number of halogens is 1. The number of rotatable bonds is 2. The number of pyridine rings is 1. The number of hydrogen-bond donors (Lipinski definition) is 2. The van der Waals surface area contributed by atoms with Gasteiger partial charge < -0.3 is 11.1 Å². The van der Waals surface area contributed by atoms with E-state index in [1.807, 2.05) is 30.3 Å². The number of aryl methyl sites for hydroxylation is 1. The maximum absolute atomic E-state index is 6.07. The van der Waals surface area contributed by atoms with Gasteiger partial charge in [0.15, 0.2) is 0 Å². The van der Waals surface area contributed by atoms with Crippen LogP contribution in [-0.2, 0) is 0 Å². The fraction of sp³-hybridized carbons (Fsp3) is 0.0625. The molecule has 3 N–H and O–H groups in total. The Morgan fingerprint density at radius 3 is 2.75 bits per heavy atom. The number of fused-ring (bicyclic) bond motifs is 1. The summed E-state index contributed by atoms with van der Waals surface area (Å²) in [7, 11) is 0. The topological polar surface area (TPSA) is 50.9 Å². The van der Waals surface area contributed by atoms with Crippen LogP contribution in [-0.4, -0.2) is 4.98 Å². The van der Waals surface area contributed by atoms with E-state index < -0.39 is 0 Å². The Morgan fingerprint density at radius 1 is 1.15 bits per heavy atom. The zero-order valence-corrected chi connectivity index (χ0v) is 12.6. The van der Waals surface area contributed by atoms with Gasteiger partial charge in [-0.3, -0.25) is 4.98 Å². The van der Waals surface area contributed by atoms with Crippen molar-refractivity contribution in [3.05, 3.63) is 58.7 Å². The van der Waals surface area contributed by atoms with Crippen LogP contribution in [0.1, 0.15) is 5.56 Å². The summed E-state index contributed by atoms with van der Waals surface area (Å²) in [6.07, 6.45) is 1.69. The summed E-state index contributed by atoms with van der Waals surface area (Å²) < 4.78 is 1.04. The summed E-state index contributed by atoms with van der Waals surface area (Å²) >= 11 is 3.51. The first kappa shape index (κ1) is 12.9. The molecule has 3 nitrogen and oxygen atoms in total. The van der Waals surface area contributed by atoms with Crippen molar-refractivity contribution in [3.63, 3.8) is 0 Å². The molecule has 3 aromatic rings. The molecule has 0 spiro atoms. The lowest BCUT2D eigenvalue weighted by molar-refractivity contribution is 1.39. The van der Waals surface area contributed by atoms with Crippen LogP contribution < -0.4 is 11.1 Å². The van der Waals surface area contributed by atoms with Crippen molar-refractivity contribution in [3.8, 4) is 0 Å². The highest BCUT2D eigenvalue weighted by molar-refractivity contribution is 9.10. The lowest BCUT2D eigenvalue weighted by Gasteiger charge is -2.13. The Kier molecular flexibility index (Phi) is 3.32. The predicted octanol–water partition coefficient (Wildman–Crippen LogP) is 4.63. The molecule has 0 aliphatic carbocycles. The molecule has 100 valence electrons. The molecule has 0 aliphatic heterocycles. The molecule has 1 heterocycles. The summed E-state index contributed by atoms with van der Waals surface area (Å²) in [6.45, 7) is 2.06. The van der Waals surface area contributed by atoms with Crippen molar-refractivity contribution in [2.24, 2.45) is 0 Å². The maximum atomic E-state index is 6.07. The molecule has 20 heavy (non-hydrogen) atoms. The number of nitrogen functional groups attached to an aromatic ring is 1. The minimum atomic E-state index is 0.640. The second-order valence-electron chi connectivity index (χ2n) is 4.75. The Labute approximate surface area is 126 Å². The molecule has 0 aliphatic rings. The highest BCUT2D eigenvalue weighted by atomic mass is 79.9. The van der Waals surface area contributed by atoms with E-state index in [1.165, 1.54) is 5.56 Å². The summed E-state index contributed by atoms with van der Waals surface area (Å²) in [5, 5.41) is 4.42. The SMILES string of the molecule is Cc1cc(Br)cc(Nc2c(N)cnc3ccccc23)c1. The van der Waals surface area contributed by atoms with Gasteiger partial charge in [-0.1, -0.05) is 34.1 Å². The molecule has 0 radical (unpaired) electrons. The van der Waals surface area contributed by atoms with Crippen molar-refractivity contribution in [2.75, 3.05) is 11.1 Å². The lowest BCUT2D eigenvalue weighted by atomic mass is 10.1. The van der Waals surface area contributed by atoms with Gasteiger partial charge >= 0.3 is 0 Å². The Bertz CT molecular complexity index is 764. The van der Waals surface area contributed by atoms with Gasteiger partial charge in [0.2, 0.25) is 0 Å². The monoisotopic (exact) mass is 327 g/mol. The van der Waals surface area contributed by atoms with E-state index >= 15 is 0 Å². The van der Waals surface area contributed by atoms with E-state index in [2.05, 4.69) is 45.3 Å². The van der Waals surface area contributed by atoms with Crippen LogP contribution in [0.3, 0.4) is 0 Å². The molecule has 0 unspecified atom stereocenters. The van der Waals surface area contributed by atoms with Gasteiger partial charge in [0.1, 0.15) is 0 Å². The van der Waals surface area contributed by atoms with Crippen LogP contribution in [0.5, 0.6) is 0 Å². The molecule has 0 saturated heterocycles. The highest BCUT2D eigenvalue weighted by Crippen LogP contribution is 2.31. The number of nitrogens with zero attached hydrogens (tertiary/aromatic N) is 1. The van der Waals surface area contributed by atoms with E-state index in [1.54, 1.807) is 6.20 Å². The second kappa shape index (κ2) is 5.13. The van der Waals surface area contributed by atoms with Gasteiger partial charge in [0, 0.05) is 15.5 Å². The molecule has 2 aromatic carbocycles. The van der Waals surface area contributed by atoms with Crippen molar-refractivity contribution >= 4 is 43.9 Å². The number of benzene rings is 2. The molecule has 0 bridgehead atoms. The quantitative estimate of drug-likeness (QED) is 0.721. The minimum Gasteiger partial charge on any atom is -0.396 e. The van der Waals surface area contributed by atoms with Crippen LogP contribution in [0.2, 0.25) is 0 Å². The first-order valence-corrected chi connectivity index (χ1v) is 7.10. The summed E-state index contributed by atoms with van der Waals surface area (Å²) in [6, 6.07) is 14.1. The van der Waals surface area contributed by atoms with Crippen LogP contribution >= 0.6 is 15.9 Å². The number of nitrogens with one attached hydrogen (secondary N) is 1. The van der Waals surface area contributed by atoms with Gasteiger partial charge in [0.05, 0.1) is 23.1 Å². The number of para-hydroxylation sites is 1.